The summed E-state index contributed by atoms with van der Waals surface area (Å²) in [6.45, 7) is 0. The molecule has 0 radical (unpaired) electrons. The molecule has 0 atom stereocenters. The van der Waals surface area contributed by atoms with Gasteiger partial charge in [0, 0.05) is 0 Å². The Balaban J connectivity index is 4.40. The monoisotopic (exact) mass is 147 g/mol. The molecule has 0 rings (SSSR count). The first-order valence-corrected chi connectivity index (χ1v) is 1.73. The van der Waals surface area contributed by atoms with E-state index in [1.54, 1.807) is 0 Å². The van der Waals surface area contributed by atoms with Gasteiger partial charge in [-0.05, 0) is 0 Å². The lowest BCUT2D eigenvalue weighted by atomic mass is 10.5. The first-order chi connectivity index (χ1) is 3.85. The topological polar surface area (TPSA) is 26.0 Å². The van der Waals surface area contributed by atoms with E-state index < -0.39 is 18.0 Å². The average molecular weight is 147 g/mol. The predicted octanol–water partition coefficient (Wildman–Crippen LogP) is 1.62. The van der Waals surface area contributed by atoms with Gasteiger partial charge >= 0.3 is 6.18 Å². The Morgan fingerprint density at radius 2 is 1.44 bits per heavy atom. The average Bonchev–Trinajstić information content (AvgIpc) is 1.62. The Morgan fingerprint density at radius 1 is 1.11 bits per heavy atom. The molecule has 0 heterocycles. The molecule has 0 aromatic rings. The number of rotatable bonds is 0. The molecule has 0 aliphatic heterocycles. The van der Waals surface area contributed by atoms with E-state index in [9.17, 15) is 22.0 Å². The third-order valence-corrected chi connectivity index (χ3v) is 0.459. The molecule has 6 heteroatoms. The van der Waals surface area contributed by atoms with E-state index in [0.717, 1.165) is 0 Å². The minimum atomic E-state index is -5.31. The van der Waals surface area contributed by atoms with Crippen molar-refractivity contribution in [1.29, 1.82) is 0 Å². The van der Waals surface area contributed by atoms with Crippen molar-refractivity contribution in [3.8, 4) is 0 Å². The van der Waals surface area contributed by atoms with Crippen molar-refractivity contribution in [2.24, 2.45) is 5.73 Å². The van der Waals surface area contributed by atoms with Crippen LogP contribution in [0.3, 0.4) is 0 Å². The molecule has 0 aliphatic rings. The third-order valence-electron chi connectivity index (χ3n) is 0.459. The zero-order valence-electron chi connectivity index (χ0n) is 3.97. The molecule has 1 nitrogen and oxygen atoms in total. The van der Waals surface area contributed by atoms with Crippen LogP contribution in [0.2, 0.25) is 0 Å². The van der Waals surface area contributed by atoms with Crippen LogP contribution in [0.25, 0.3) is 0 Å². The Bertz CT molecular complexity index is 130. The molecular formula is C3H2F5N. The lowest BCUT2D eigenvalue weighted by Gasteiger charge is -2.00. The Hall–Kier alpha value is -0.810. The maximum absolute atomic E-state index is 11.3. The second kappa shape index (κ2) is 2.20. The quantitative estimate of drug-likeness (QED) is 0.408. The molecule has 54 valence electrons. The molecule has 0 spiro atoms. The number of halogens is 5. The second-order valence-corrected chi connectivity index (χ2v) is 1.16. The molecule has 0 bridgehead atoms. The van der Waals surface area contributed by atoms with Crippen LogP contribution in [0.15, 0.2) is 11.8 Å². The van der Waals surface area contributed by atoms with Crippen LogP contribution >= 0.6 is 0 Å². The molecule has 0 unspecified atom stereocenters. The van der Waals surface area contributed by atoms with Gasteiger partial charge in [-0.2, -0.15) is 22.0 Å². The Labute approximate surface area is 46.9 Å². The van der Waals surface area contributed by atoms with Crippen molar-refractivity contribution in [3.05, 3.63) is 11.8 Å². The van der Waals surface area contributed by atoms with Gasteiger partial charge in [-0.25, -0.2) is 0 Å². The van der Waals surface area contributed by atoms with Crippen LogP contribution in [-0.2, 0) is 0 Å². The van der Waals surface area contributed by atoms with Gasteiger partial charge in [-0.1, -0.05) is 0 Å². The summed E-state index contributed by atoms with van der Waals surface area (Å²) < 4.78 is 55.3. The van der Waals surface area contributed by atoms with Gasteiger partial charge in [0.2, 0.25) is 5.95 Å². The van der Waals surface area contributed by atoms with E-state index in [1.807, 2.05) is 0 Å². The molecule has 0 aliphatic carbocycles. The number of alkyl halides is 3. The molecule has 0 aromatic heterocycles. The lowest BCUT2D eigenvalue weighted by molar-refractivity contribution is -0.111. The van der Waals surface area contributed by atoms with Crippen LogP contribution in [0.5, 0.6) is 0 Å². The van der Waals surface area contributed by atoms with E-state index in [-0.39, 0.29) is 0 Å². The van der Waals surface area contributed by atoms with E-state index in [2.05, 4.69) is 5.73 Å². The maximum atomic E-state index is 11.3. The summed E-state index contributed by atoms with van der Waals surface area (Å²) in [6, 6.07) is 0. The van der Waals surface area contributed by atoms with Crippen molar-refractivity contribution in [2.75, 3.05) is 0 Å². The van der Waals surface area contributed by atoms with E-state index in [1.165, 1.54) is 0 Å². The zero-order valence-corrected chi connectivity index (χ0v) is 3.97. The fraction of sp³-hybridized carbons (Fsp3) is 0.333. The SMILES string of the molecule is N/C(F)=C(\F)C(F)(F)F. The van der Waals surface area contributed by atoms with Crippen molar-refractivity contribution in [1.82, 2.24) is 0 Å². The van der Waals surface area contributed by atoms with Crippen LogP contribution < -0.4 is 5.73 Å². The first-order valence-electron chi connectivity index (χ1n) is 1.73. The van der Waals surface area contributed by atoms with Gasteiger partial charge in [-0.15, -0.1) is 0 Å². The van der Waals surface area contributed by atoms with Crippen LogP contribution in [-0.4, -0.2) is 6.18 Å². The lowest BCUT2D eigenvalue weighted by Crippen LogP contribution is -2.12. The second-order valence-electron chi connectivity index (χ2n) is 1.16. The summed E-state index contributed by atoms with van der Waals surface area (Å²) in [6.07, 6.45) is -5.31. The summed E-state index contributed by atoms with van der Waals surface area (Å²) in [4.78, 5) is 0. The summed E-state index contributed by atoms with van der Waals surface area (Å²) in [5.41, 5.74) is 3.84. The fourth-order valence-electron chi connectivity index (χ4n) is 0.135. The highest BCUT2D eigenvalue weighted by atomic mass is 19.4. The standard InChI is InChI=1S/C3H2F5N/c4-1(2(5)9)3(6,7)8/h9H2/b2-1-. The highest BCUT2D eigenvalue weighted by molar-refractivity contribution is 5.01. The van der Waals surface area contributed by atoms with Crippen LogP contribution in [0, 0.1) is 0 Å². The minimum absolute atomic E-state index is 2.34. The van der Waals surface area contributed by atoms with Gasteiger partial charge in [0.1, 0.15) is 0 Å². The van der Waals surface area contributed by atoms with E-state index >= 15 is 0 Å². The molecule has 9 heavy (non-hydrogen) atoms. The van der Waals surface area contributed by atoms with Gasteiger partial charge in [0.05, 0.1) is 0 Å². The van der Waals surface area contributed by atoms with Gasteiger partial charge in [0.15, 0.2) is 0 Å². The Kier molecular flexibility index (Phi) is 2.00. The van der Waals surface area contributed by atoms with Crippen molar-refractivity contribution in [3.63, 3.8) is 0 Å². The Morgan fingerprint density at radius 3 is 1.44 bits per heavy atom. The summed E-state index contributed by atoms with van der Waals surface area (Å²) in [5.74, 6) is -5.23. The number of allylic oxidation sites excluding steroid dienone is 1. The summed E-state index contributed by atoms with van der Waals surface area (Å²) in [5, 5.41) is 0. The van der Waals surface area contributed by atoms with Crippen molar-refractivity contribution < 1.29 is 22.0 Å². The summed E-state index contributed by atoms with van der Waals surface area (Å²) >= 11 is 0. The summed E-state index contributed by atoms with van der Waals surface area (Å²) in [7, 11) is 0. The first kappa shape index (κ1) is 8.19. The third kappa shape index (κ3) is 2.29. The highest BCUT2D eigenvalue weighted by Gasteiger charge is 2.37. The molecule has 0 saturated carbocycles. The number of hydrogen-bond donors (Lipinski definition) is 1. The van der Waals surface area contributed by atoms with Gasteiger partial charge in [-0.3, -0.25) is 0 Å². The molecule has 0 amide bonds. The molecular weight excluding hydrogens is 145 g/mol. The van der Waals surface area contributed by atoms with Crippen molar-refractivity contribution in [2.45, 2.75) is 6.18 Å². The zero-order chi connectivity index (χ0) is 7.65. The minimum Gasteiger partial charge on any atom is -0.373 e. The van der Waals surface area contributed by atoms with Crippen LogP contribution in [0.4, 0.5) is 22.0 Å². The van der Waals surface area contributed by atoms with Gasteiger partial charge in [0.25, 0.3) is 5.83 Å². The largest absolute Gasteiger partial charge is 0.447 e. The van der Waals surface area contributed by atoms with Crippen LogP contribution in [0.1, 0.15) is 0 Å². The van der Waals surface area contributed by atoms with E-state index in [0.29, 0.717) is 0 Å². The predicted molar refractivity (Wildman–Crippen MR) is 19.5 cm³/mol. The molecule has 2 N–H and O–H groups in total. The van der Waals surface area contributed by atoms with Crippen molar-refractivity contribution >= 4 is 0 Å². The normalized spacial score (nSPS) is 15.2. The smallest absolute Gasteiger partial charge is 0.373 e. The highest BCUT2D eigenvalue weighted by Crippen LogP contribution is 2.27. The number of nitrogens with two attached hydrogens (primary N) is 1. The molecule has 0 aromatic carbocycles. The number of hydrogen-bond acceptors (Lipinski definition) is 1. The van der Waals surface area contributed by atoms with E-state index in [4.69, 9.17) is 0 Å². The van der Waals surface area contributed by atoms with Gasteiger partial charge < -0.3 is 5.73 Å². The fourth-order valence-corrected chi connectivity index (χ4v) is 0.135. The molecule has 0 saturated heterocycles. The molecule has 0 fully saturated rings. The maximum Gasteiger partial charge on any atom is 0.447 e.